The van der Waals surface area contributed by atoms with E-state index in [-0.39, 0.29) is 17.3 Å². The van der Waals surface area contributed by atoms with Gasteiger partial charge in [0.2, 0.25) is 0 Å². The van der Waals surface area contributed by atoms with Gasteiger partial charge in [0, 0.05) is 20.1 Å². The Bertz CT molecular complexity index is 785. The summed E-state index contributed by atoms with van der Waals surface area (Å²) in [6, 6.07) is 8.37. The first kappa shape index (κ1) is 16.7. The van der Waals surface area contributed by atoms with Crippen molar-refractivity contribution in [2.45, 2.75) is 4.21 Å². The maximum Gasteiger partial charge on any atom is 0.252 e. The van der Waals surface area contributed by atoms with Gasteiger partial charge >= 0.3 is 0 Å². The lowest BCUT2D eigenvalue weighted by molar-refractivity contribution is 0.482. The van der Waals surface area contributed by atoms with Crippen molar-refractivity contribution in [1.29, 1.82) is 5.26 Å². The highest BCUT2D eigenvalue weighted by atomic mass is 35.5. The molecule has 2 heterocycles. The highest BCUT2D eigenvalue weighted by Crippen LogP contribution is 2.19. The minimum atomic E-state index is -3.45. The van der Waals surface area contributed by atoms with E-state index in [2.05, 4.69) is 10.3 Å². The van der Waals surface area contributed by atoms with Crippen LogP contribution in [0, 0.1) is 11.3 Å². The monoisotopic (exact) mass is 356 g/mol. The second kappa shape index (κ2) is 7.07. The zero-order chi connectivity index (χ0) is 16.2. The third-order valence-electron chi connectivity index (χ3n) is 2.84. The highest BCUT2D eigenvalue weighted by molar-refractivity contribution is 7.91. The highest BCUT2D eigenvalue weighted by Gasteiger charge is 2.21. The Morgan fingerprint density at radius 2 is 2.23 bits per heavy atom. The Hall–Kier alpha value is -1.66. The quantitative estimate of drug-likeness (QED) is 0.858. The molecule has 1 N–H and O–H groups in total. The second-order valence-electron chi connectivity index (χ2n) is 4.32. The molecule has 2 aromatic rings. The van der Waals surface area contributed by atoms with Crippen LogP contribution in [0.5, 0.6) is 0 Å². The number of halogens is 1. The molecule has 0 bridgehead atoms. The molecule has 22 heavy (non-hydrogen) atoms. The molecule has 0 unspecified atom stereocenters. The standard InChI is InChI=1S/C13H13ClN4O2S2/c1-18(22(19,20)13-3-2-8-21-13)7-6-16-12-5-4-10(14)11(9-15)17-12/h2-5,8H,6-7H2,1H3,(H,16,17). The first-order valence-electron chi connectivity index (χ1n) is 6.25. The zero-order valence-electron chi connectivity index (χ0n) is 11.7. The van der Waals surface area contributed by atoms with Gasteiger partial charge in [-0.1, -0.05) is 17.7 Å². The molecule has 0 spiro atoms. The molecular formula is C13H13ClN4O2S2. The molecule has 0 saturated carbocycles. The van der Waals surface area contributed by atoms with E-state index in [0.29, 0.717) is 16.6 Å². The van der Waals surface area contributed by atoms with E-state index in [1.165, 1.54) is 22.7 Å². The maximum absolute atomic E-state index is 12.2. The molecular weight excluding hydrogens is 344 g/mol. The second-order valence-corrected chi connectivity index (χ2v) is 7.95. The van der Waals surface area contributed by atoms with Crippen LogP contribution >= 0.6 is 22.9 Å². The van der Waals surface area contributed by atoms with Gasteiger partial charge in [0.05, 0.1) is 5.02 Å². The average molecular weight is 357 g/mol. The van der Waals surface area contributed by atoms with Crippen LogP contribution in [0.15, 0.2) is 33.9 Å². The first-order chi connectivity index (χ1) is 10.4. The van der Waals surface area contributed by atoms with E-state index in [1.54, 1.807) is 29.6 Å². The summed E-state index contributed by atoms with van der Waals surface area (Å²) in [6.07, 6.45) is 0. The van der Waals surface area contributed by atoms with Crippen molar-refractivity contribution in [2.75, 3.05) is 25.5 Å². The smallest absolute Gasteiger partial charge is 0.252 e. The molecule has 116 valence electrons. The number of hydrogen-bond donors (Lipinski definition) is 1. The Kier molecular flexibility index (Phi) is 5.37. The fourth-order valence-electron chi connectivity index (χ4n) is 1.64. The first-order valence-corrected chi connectivity index (χ1v) is 8.95. The molecule has 0 radical (unpaired) electrons. The van der Waals surface area contributed by atoms with E-state index in [4.69, 9.17) is 16.9 Å². The van der Waals surface area contributed by atoms with E-state index in [9.17, 15) is 8.42 Å². The fourth-order valence-corrected chi connectivity index (χ4v) is 4.16. The van der Waals surface area contributed by atoms with Crippen LogP contribution in [0.3, 0.4) is 0 Å². The summed E-state index contributed by atoms with van der Waals surface area (Å²) >= 11 is 6.98. The van der Waals surface area contributed by atoms with Crippen molar-refractivity contribution >= 4 is 38.8 Å². The summed E-state index contributed by atoms with van der Waals surface area (Å²) in [7, 11) is -1.93. The van der Waals surface area contributed by atoms with Crippen LogP contribution in [-0.2, 0) is 10.0 Å². The molecule has 0 aliphatic heterocycles. The zero-order valence-corrected chi connectivity index (χ0v) is 14.0. The third-order valence-corrected chi connectivity index (χ3v) is 6.38. The van der Waals surface area contributed by atoms with E-state index in [0.717, 1.165) is 0 Å². The largest absolute Gasteiger partial charge is 0.369 e. The molecule has 0 aromatic carbocycles. The number of nitriles is 1. The van der Waals surface area contributed by atoms with Crippen LogP contribution in [-0.4, -0.2) is 37.8 Å². The van der Waals surface area contributed by atoms with Crippen LogP contribution in [0.2, 0.25) is 5.02 Å². The van der Waals surface area contributed by atoms with Crippen molar-refractivity contribution in [1.82, 2.24) is 9.29 Å². The van der Waals surface area contributed by atoms with Gasteiger partial charge in [-0.15, -0.1) is 11.3 Å². The fraction of sp³-hybridized carbons (Fsp3) is 0.231. The number of aromatic nitrogens is 1. The van der Waals surface area contributed by atoms with Crippen molar-refractivity contribution in [3.05, 3.63) is 40.4 Å². The summed E-state index contributed by atoms with van der Waals surface area (Å²) in [5, 5.41) is 13.8. The number of nitrogens with zero attached hydrogens (tertiary/aromatic N) is 3. The minimum absolute atomic E-state index is 0.131. The SMILES string of the molecule is CN(CCNc1ccc(Cl)c(C#N)n1)S(=O)(=O)c1cccs1. The lowest BCUT2D eigenvalue weighted by atomic mass is 10.3. The lowest BCUT2D eigenvalue weighted by Crippen LogP contribution is -2.31. The topological polar surface area (TPSA) is 86.1 Å². The van der Waals surface area contributed by atoms with Crippen molar-refractivity contribution < 1.29 is 8.42 Å². The molecule has 2 aromatic heterocycles. The van der Waals surface area contributed by atoms with Crippen LogP contribution in [0.4, 0.5) is 5.82 Å². The summed E-state index contributed by atoms with van der Waals surface area (Å²) in [5.41, 5.74) is 0.131. The molecule has 0 aliphatic carbocycles. The molecule has 9 heteroatoms. The Balaban J connectivity index is 1.95. The van der Waals surface area contributed by atoms with Crippen molar-refractivity contribution in [3.8, 4) is 6.07 Å². The van der Waals surface area contributed by atoms with Gasteiger partial charge in [-0.2, -0.15) is 9.57 Å². The molecule has 0 aliphatic rings. The van der Waals surface area contributed by atoms with Crippen molar-refractivity contribution in [3.63, 3.8) is 0 Å². The molecule has 6 nitrogen and oxygen atoms in total. The molecule has 0 fully saturated rings. The summed E-state index contributed by atoms with van der Waals surface area (Å²) in [6.45, 7) is 0.632. The van der Waals surface area contributed by atoms with E-state index < -0.39 is 10.0 Å². The number of likely N-dealkylation sites (N-methyl/N-ethyl adjacent to an activating group) is 1. The summed E-state index contributed by atoms with van der Waals surface area (Å²) in [4.78, 5) is 4.03. The normalized spacial score (nSPS) is 11.4. The Morgan fingerprint density at radius 3 is 2.86 bits per heavy atom. The number of sulfonamides is 1. The summed E-state index contributed by atoms with van der Waals surface area (Å²) in [5.74, 6) is 0.475. The van der Waals surface area contributed by atoms with E-state index >= 15 is 0 Å². The summed E-state index contributed by atoms with van der Waals surface area (Å²) < 4.78 is 26.0. The number of anilines is 1. The number of hydrogen-bond acceptors (Lipinski definition) is 6. The number of thiophene rings is 1. The number of nitrogens with one attached hydrogen (secondary N) is 1. The number of pyridine rings is 1. The minimum Gasteiger partial charge on any atom is -0.369 e. The third kappa shape index (κ3) is 3.75. The molecule has 0 saturated heterocycles. The average Bonchev–Trinajstić information content (AvgIpc) is 3.03. The Morgan fingerprint density at radius 1 is 1.45 bits per heavy atom. The van der Waals surface area contributed by atoms with Gasteiger partial charge in [-0.25, -0.2) is 13.4 Å². The van der Waals surface area contributed by atoms with Gasteiger partial charge in [-0.3, -0.25) is 0 Å². The van der Waals surface area contributed by atoms with Gasteiger partial charge in [0.15, 0.2) is 5.69 Å². The number of rotatable bonds is 6. The van der Waals surface area contributed by atoms with Crippen LogP contribution < -0.4 is 5.32 Å². The van der Waals surface area contributed by atoms with Gasteiger partial charge in [-0.05, 0) is 23.6 Å². The van der Waals surface area contributed by atoms with Gasteiger partial charge in [0.25, 0.3) is 10.0 Å². The van der Waals surface area contributed by atoms with E-state index in [1.807, 2.05) is 6.07 Å². The van der Waals surface area contributed by atoms with Gasteiger partial charge in [0.1, 0.15) is 16.1 Å². The maximum atomic E-state index is 12.2. The molecule has 2 rings (SSSR count). The molecule has 0 atom stereocenters. The van der Waals surface area contributed by atoms with Crippen LogP contribution in [0.1, 0.15) is 5.69 Å². The van der Waals surface area contributed by atoms with Gasteiger partial charge < -0.3 is 5.32 Å². The Labute approximate surface area is 138 Å². The van der Waals surface area contributed by atoms with Crippen LogP contribution in [0.25, 0.3) is 0 Å². The van der Waals surface area contributed by atoms with Crippen molar-refractivity contribution in [2.24, 2.45) is 0 Å². The molecule has 0 amide bonds. The predicted molar refractivity (Wildman–Crippen MR) is 86.6 cm³/mol. The lowest BCUT2D eigenvalue weighted by Gasteiger charge is -2.16. The predicted octanol–water partition coefficient (Wildman–Crippen LogP) is 2.40.